The van der Waals surface area contributed by atoms with E-state index < -0.39 is 0 Å². The van der Waals surface area contributed by atoms with Crippen molar-refractivity contribution in [2.75, 3.05) is 13.1 Å². The van der Waals surface area contributed by atoms with E-state index in [2.05, 4.69) is 22.8 Å². The van der Waals surface area contributed by atoms with E-state index >= 15 is 0 Å². The summed E-state index contributed by atoms with van der Waals surface area (Å²) in [5.41, 5.74) is 2.39. The molecule has 0 unspecified atom stereocenters. The fourth-order valence-electron chi connectivity index (χ4n) is 1.63. The molecule has 0 aromatic heterocycles. The maximum atomic E-state index is 6.06. The first-order valence-corrected chi connectivity index (χ1v) is 6.32. The molecule has 1 aromatic rings. The number of hydrogen-bond acceptors (Lipinski definition) is 2. The number of halogens is 1. The van der Waals surface area contributed by atoms with E-state index in [9.17, 15) is 0 Å². The van der Waals surface area contributed by atoms with Crippen molar-refractivity contribution in [3.8, 4) is 0 Å². The van der Waals surface area contributed by atoms with Crippen LogP contribution in [0, 0.1) is 6.92 Å². The zero-order valence-electron chi connectivity index (χ0n) is 9.72. The van der Waals surface area contributed by atoms with Gasteiger partial charge in [-0.05, 0) is 37.0 Å². The molecule has 3 heteroatoms. The van der Waals surface area contributed by atoms with Crippen LogP contribution in [0.5, 0.6) is 0 Å². The summed E-state index contributed by atoms with van der Waals surface area (Å²) in [6.45, 7) is 5.00. The molecule has 1 aliphatic carbocycles. The van der Waals surface area contributed by atoms with E-state index in [1.54, 1.807) is 0 Å². The second-order valence-electron chi connectivity index (χ2n) is 4.49. The molecule has 16 heavy (non-hydrogen) atoms. The molecule has 1 saturated carbocycles. The Balaban J connectivity index is 1.65. The van der Waals surface area contributed by atoms with Gasteiger partial charge in [-0.2, -0.15) is 0 Å². The first-order chi connectivity index (χ1) is 7.75. The van der Waals surface area contributed by atoms with Crippen LogP contribution < -0.4 is 10.6 Å². The highest BCUT2D eigenvalue weighted by atomic mass is 35.5. The van der Waals surface area contributed by atoms with Gasteiger partial charge in [-0.25, -0.2) is 0 Å². The monoisotopic (exact) mass is 238 g/mol. The van der Waals surface area contributed by atoms with E-state index in [0.717, 1.165) is 36.3 Å². The first-order valence-electron chi connectivity index (χ1n) is 5.95. The smallest absolute Gasteiger partial charge is 0.0438 e. The van der Waals surface area contributed by atoms with Crippen molar-refractivity contribution < 1.29 is 0 Å². The van der Waals surface area contributed by atoms with E-state index in [-0.39, 0.29) is 0 Å². The van der Waals surface area contributed by atoms with Crippen molar-refractivity contribution in [1.82, 2.24) is 10.6 Å². The second-order valence-corrected chi connectivity index (χ2v) is 4.90. The van der Waals surface area contributed by atoms with E-state index in [0.29, 0.717) is 0 Å². The Bertz CT molecular complexity index is 348. The van der Waals surface area contributed by atoms with Crippen LogP contribution in [0.25, 0.3) is 0 Å². The molecule has 1 fully saturated rings. The van der Waals surface area contributed by atoms with Crippen molar-refractivity contribution in [2.24, 2.45) is 0 Å². The zero-order chi connectivity index (χ0) is 11.4. The Hall–Kier alpha value is -0.570. The highest BCUT2D eigenvalue weighted by molar-refractivity contribution is 6.31. The lowest BCUT2D eigenvalue weighted by atomic mass is 10.1. The van der Waals surface area contributed by atoms with Gasteiger partial charge in [0.05, 0.1) is 0 Å². The average molecular weight is 239 g/mol. The Labute approximate surface area is 102 Å². The molecule has 0 radical (unpaired) electrons. The van der Waals surface area contributed by atoms with Crippen molar-refractivity contribution in [3.63, 3.8) is 0 Å². The third kappa shape index (κ3) is 3.78. The molecule has 0 heterocycles. The summed E-state index contributed by atoms with van der Waals surface area (Å²) in [5.74, 6) is 0. The SMILES string of the molecule is Cc1ccc(CNCCNC2CC2)cc1Cl. The quantitative estimate of drug-likeness (QED) is 0.745. The molecular formula is C13H19ClN2. The van der Waals surface area contributed by atoms with Crippen LogP contribution in [-0.4, -0.2) is 19.1 Å². The third-order valence-electron chi connectivity index (χ3n) is 2.88. The molecule has 0 spiro atoms. The Kier molecular flexibility index (Phi) is 4.22. The van der Waals surface area contributed by atoms with Gasteiger partial charge in [0.2, 0.25) is 0 Å². The highest BCUT2D eigenvalue weighted by Gasteiger charge is 2.19. The maximum absolute atomic E-state index is 6.06. The Morgan fingerprint density at radius 3 is 2.81 bits per heavy atom. The molecule has 1 aliphatic rings. The molecule has 1 aromatic carbocycles. The number of rotatable bonds is 6. The van der Waals surface area contributed by atoms with Crippen LogP contribution in [0.1, 0.15) is 24.0 Å². The normalized spacial score (nSPS) is 15.4. The fraction of sp³-hybridized carbons (Fsp3) is 0.538. The topological polar surface area (TPSA) is 24.1 Å². The largest absolute Gasteiger partial charge is 0.313 e. The summed E-state index contributed by atoms with van der Waals surface area (Å²) >= 11 is 6.06. The maximum Gasteiger partial charge on any atom is 0.0438 e. The van der Waals surface area contributed by atoms with Crippen LogP contribution in [0.4, 0.5) is 0 Å². The van der Waals surface area contributed by atoms with Gasteiger partial charge >= 0.3 is 0 Å². The molecule has 2 rings (SSSR count). The van der Waals surface area contributed by atoms with Crippen molar-refractivity contribution in [2.45, 2.75) is 32.4 Å². The van der Waals surface area contributed by atoms with Gasteiger partial charge in [0.1, 0.15) is 0 Å². The van der Waals surface area contributed by atoms with Gasteiger partial charge in [0, 0.05) is 30.7 Å². The first kappa shape index (κ1) is 11.9. The summed E-state index contributed by atoms with van der Waals surface area (Å²) in [6, 6.07) is 7.04. The summed E-state index contributed by atoms with van der Waals surface area (Å²) in [5, 5.41) is 7.74. The minimum atomic E-state index is 0.801. The van der Waals surface area contributed by atoms with E-state index in [4.69, 9.17) is 11.6 Å². The fourth-order valence-corrected chi connectivity index (χ4v) is 1.83. The summed E-state index contributed by atoms with van der Waals surface area (Å²) in [4.78, 5) is 0. The molecule has 88 valence electrons. The van der Waals surface area contributed by atoms with Gasteiger partial charge in [-0.15, -0.1) is 0 Å². The van der Waals surface area contributed by atoms with Gasteiger partial charge in [0.15, 0.2) is 0 Å². The number of benzene rings is 1. The molecule has 2 nitrogen and oxygen atoms in total. The molecule has 0 amide bonds. The minimum Gasteiger partial charge on any atom is -0.313 e. The van der Waals surface area contributed by atoms with Crippen LogP contribution >= 0.6 is 11.6 Å². The zero-order valence-corrected chi connectivity index (χ0v) is 10.5. The van der Waals surface area contributed by atoms with Crippen LogP contribution in [0.3, 0.4) is 0 Å². The van der Waals surface area contributed by atoms with E-state index in [1.807, 2.05) is 13.0 Å². The lowest BCUT2D eigenvalue weighted by molar-refractivity contribution is 0.608. The third-order valence-corrected chi connectivity index (χ3v) is 3.28. The molecule has 0 atom stereocenters. The van der Waals surface area contributed by atoms with Gasteiger partial charge in [0.25, 0.3) is 0 Å². The molecule has 0 saturated heterocycles. The van der Waals surface area contributed by atoms with E-state index in [1.165, 1.54) is 18.4 Å². The number of aryl methyl sites for hydroxylation is 1. The Morgan fingerprint density at radius 1 is 1.31 bits per heavy atom. The molecule has 0 bridgehead atoms. The van der Waals surface area contributed by atoms with Gasteiger partial charge < -0.3 is 10.6 Å². The molecular weight excluding hydrogens is 220 g/mol. The van der Waals surface area contributed by atoms with Crippen LogP contribution in [-0.2, 0) is 6.54 Å². The predicted octanol–water partition coefficient (Wildman–Crippen LogP) is 2.49. The van der Waals surface area contributed by atoms with Crippen LogP contribution in [0.2, 0.25) is 5.02 Å². The minimum absolute atomic E-state index is 0.801. The van der Waals surface area contributed by atoms with Crippen molar-refractivity contribution in [1.29, 1.82) is 0 Å². The summed E-state index contributed by atoms with van der Waals surface area (Å²) in [6.07, 6.45) is 2.71. The second kappa shape index (κ2) is 5.67. The average Bonchev–Trinajstić information content (AvgIpc) is 3.07. The molecule has 2 N–H and O–H groups in total. The molecule has 0 aliphatic heterocycles. The number of nitrogens with one attached hydrogen (secondary N) is 2. The van der Waals surface area contributed by atoms with Crippen molar-refractivity contribution in [3.05, 3.63) is 34.3 Å². The predicted molar refractivity (Wildman–Crippen MR) is 68.9 cm³/mol. The van der Waals surface area contributed by atoms with Gasteiger partial charge in [-0.1, -0.05) is 23.7 Å². The number of hydrogen-bond donors (Lipinski definition) is 2. The lowest BCUT2D eigenvalue weighted by Gasteiger charge is -2.07. The lowest BCUT2D eigenvalue weighted by Crippen LogP contribution is -2.28. The standard InChI is InChI=1S/C13H19ClN2/c1-10-2-3-11(8-13(10)14)9-15-6-7-16-12-4-5-12/h2-3,8,12,15-16H,4-7,9H2,1H3. The summed E-state index contributed by atoms with van der Waals surface area (Å²) in [7, 11) is 0. The Morgan fingerprint density at radius 2 is 2.12 bits per heavy atom. The summed E-state index contributed by atoms with van der Waals surface area (Å²) < 4.78 is 0. The van der Waals surface area contributed by atoms with Crippen LogP contribution in [0.15, 0.2) is 18.2 Å². The van der Waals surface area contributed by atoms with Gasteiger partial charge in [-0.3, -0.25) is 0 Å². The van der Waals surface area contributed by atoms with Crippen molar-refractivity contribution >= 4 is 11.6 Å². The highest BCUT2D eigenvalue weighted by Crippen LogP contribution is 2.18.